The highest BCUT2D eigenvalue weighted by atomic mass is 79.9. The van der Waals surface area contributed by atoms with Gasteiger partial charge in [0.05, 0.1) is 36.9 Å². The molecule has 0 aliphatic carbocycles. The van der Waals surface area contributed by atoms with Crippen molar-refractivity contribution in [1.82, 2.24) is 15.0 Å². The van der Waals surface area contributed by atoms with E-state index in [9.17, 15) is 9.59 Å². The highest BCUT2D eigenvalue weighted by Crippen LogP contribution is 2.29. The van der Waals surface area contributed by atoms with Gasteiger partial charge in [-0.25, -0.2) is 14.6 Å². The fourth-order valence-corrected chi connectivity index (χ4v) is 2.94. The van der Waals surface area contributed by atoms with Crippen LogP contribution >= 0.6 is 15.9 Å². The average molecular weight is 428 g/mol. The molecule has 0 aromatic carbocycles. The first-order chi connectivity index (χ1) is 13.0. The van der Waals surface area contributed by atoms with Crippen LogP contribution < -0.4 is 0 Å². The third-order valence-electron chi connectivity index (χ3n) is 3.71. The molecule has 0 saturated heterocycles. The number of nitrogens with zero attached hydrogens (tertiary/aromatic N) is 3. The van der Waals surface area contributed by atoms with Crippen LogP contribution in [0.1, 0.15) is 20.7 Å². The molecule has 27 heavy (non-hydrogen) atoms. The summed E-state index contributed by atoms with van der Waals surface area (Å²) in [4.78, 5) is 37.6. The molecule has 0 N–H and O–H groups in total. The van der Waals surface area contributed by atoms with Crippen molar-refractivity contribution >= 4 is 27.9 Å². The van der Waals surface area contributed by atoms with Gasteiger partial charge in [0.2, 0.25) is 0 Å². The topological polar surface area (TPSA) is 91.3 Å². The van der Waals surface area contributed by atoms with Gasteiger partial charge in [-0.1, -0.05) is 22.0 Å². The normalized spacial score (nSPS) is 10.3. The molecule has 0 radical (unpaired) electrons. The van der Waals surface area contributed by atoms with Crippen molar-refractivity contribution in [2.45, 2.75) is 0 Å². The summed E-state index contributed by atoms with van der Waals surface area (Å²) in [5, 5.41) is 0. The highest BCUT2D eigenvalue weighted by molar-refractivity contribution is 9.10. The molecule has 0 aliphatic heterocycles. The Morgan fingerprint density at radius 1 is 0.889 bits per heavy atom. The third-order valence-corrected chi connectivity index (χ3v) is 4.16. The number of hydrogen-bond acceptors (Lipinski definition) is 7. The molecule has 0 atom stereocenters. The summed E-state index contributed by atoms with van der Waals surface area (Å²) in [5.74, 6) is -1.38. The number of aromatic nitrogens is 3. The molecule has 0 saturated carbocycles. The first kappa shape index (κ1) is 18.7. The zero-order valence-corrected chi connectivity index (χ0v) is 16.1. The summed E-state index contributed by atoms with van der Waals surface area (Å²) in [6.45, 7) is 0. The van der Waals surface area contributed by atoms with Crippen LogP contribution in [0.25, 0.3) is 22.8 Å². The van der Waals surface area contributed by atoms with E-state index in [2.05, 4.69) is 30.9 Å². The maximum atomic E-state index is 12.4. The second-order valence-corrected chi connectivity index (χ2v) is 6.25. The van der Waals surface area contributed by atoms with Crippen LogP contribution in [0.4, 0.5) is 0 Å². The first-order valence-corrected chi connectivity index (χ1v) is 8.59. The molecule has 0 unspecified atom stereocenters. The molecule has 3 aromatic heterocycles. The second kappa shape index (κ2) is 8.05. The molecule has 0 aliphatic rings. The maximum Gasteiger partial charge on any atom is 0.341 e. The lowest BCUT2D eigenvalue weighted by molar-refractivity contribution is 0.0555. The first-order valence-electron chi connectivity index (χ1n) is 7.80. The van der Waals surface area contributed by atoms with E-state index in [0.29, 0.717) is 21.6 Å². The minimum atomic E-state index is -0.709. The van der Waals surface area contributed by atoms with Gasteiger partial charge in [0.25, 0.3) is 0 Å². The smallest absolute Gasteiger partial charge is 0.341 e. The number of hydrogen-bond donors (Lipinski definition) is 0. The number of halogens is 1. The van der Waals surface area contributed by atoms with E-state index < -0.39 is 11.9 Å². The lowest BCUT2D eigenvalue weighted by atomic mass is 10.0. The molecule has 0 fully saturated rings. The van der Waals surface area contributed by atoms with Gasteiger partial charge in [0, 0.05) is 16.9 Å². The molecule has 8 heteroatoms. The summed E-state index contributed by atoms with van der Waals surface area (Å²) in [5.41, 5.74) is 1.88. The van der Waals surface area contributed by atoms with Crippen LogP contribution in [-0.2, 0) is 9.47 Å². The van der Waals surface area contributed by atoms with E-state index in [1.165, 1.54) is 26.5 Å². The SMILES string of the molecule is COC(=O)c1ccnc(-c2cc(Br)cc(-c3ccccn3)n2)c1C(=O)OC. The Kier molecular flexibility index (Phi) is 5.56. The fourth-order valence-electron chi connectivity index (χ4n) is 2.51. The third kappa shape index (κ3) is 3.85. The van der Waals surface area contributed by atoms with Gasteiger partial charge in [-0.2, -0.15) is 0 Å². The van der Waals surface area contributed by atoms with Gasteiger partial charge in [-0.15, -0.1) is 0 Å². The van der Waals surface area contributed by atoms with Gasteiger partial charge in [0.1, 0.15) is 11.3 Å². The molecule has 0 spiro atoms. The lowest BCUT2D eigenvalue weighted by Crippen LogP contribution is -2.14. The average Bonchev–Trinajstić information content (AvgIpc) is 2.72. The van der Waals surface area contributed by atoms with Crippen LogP contribution in [-0.4, -0.2) is 41.1 Å². The summed E-state index contributed by atoms with van der Waals surface area (Å²) >= 11 is 3.44. The molecule has 3 heterocycles. The van der Waals surface area contributed by atoms with Crippen molar-refractivity contribution in [1.29, 1.82) is 0 Å². The number of pyridine rings is 3. The van der Waals surface area contributed by atoms with Gasteiger partial charge < -0.3 is 9.47 Å². The van der Waals surface area contributed by atoms with E-state index in [0.717, 1.165) is 0 Å². The highest BCUT2D eigenvalue weighted by Gasteiger charge is 2.25. The summed E-state index contributed by atoms with van der Waals surface area (Å²) < 4.78 is 10.3. The number of methoxy groups -OCH3 is 2. The van der Waals surface area contributed by atoms with E-state index in [1.807, 2.05) is 12.1 Å². The molecule has 0 bridgehead atoms. The Morgan fingerprint density at radius 3 is 2.30 bits per heavy atom. The van der Waals surface area contributed by atoms with Crippen LogP contribution in [0.2, 0.25) is 0 Å². The van der Waals surface area contributed by atoms with Gasteiger partial charge in [-0.05, 0) is 30.3 Å². The Balaban J connectivity index is 2.24. The van der Waals surface area contributed by atoms with Crippen molar-refractivity contribution in [2.75, 3.05) is 14.2 Å². The predicted octanol–water partition coefficient (Wildman–Crippen LogP) is 3.54. The summed E-state index contributed by atoms with van der Waals surface area (Å²) in [6, 6.07) is 10.4. The van der Waals surface area contributed by atoms with Crippen molar-refractivity contribution in [3.63, 3.8) is 0 Å². The van der Waals surface area contributed by atoms with E-state index >= 15 is 0 Å². The number of carbonyl (C=O) groups excluding carboxylic acids is 2. The van der Waals surface area contributed by atoms with Gasteiger partial charge in [0.15, 0.2) is 0 Å². The molecular weight excluding hydrogens is 414 g/mol. The van der Waals surface area contributed by atoms with E-state index in [1.54, 1.807) is 24.4 Å². The fraction of sp³-hybridized carbons (Fsp3) is 0.105. The summed E-state index contributed by atoms with van der Waals surface area (Å²) in [7, 11) is 2.47. The minimum absolute atomic E-state index is 0.00980. The standard InChI is InChI=1S/C19H14BrN3O4/c1-26-18(24)12-6-8-22-17(16(12)19(25)27-2)15-10-11(20)9-14(23-15)13-5-3-4-7-21-13/h3-10H,1-2H3. The van der Waals surface area contributed by atoms with Gasteiger partial charge >= 0.3 is 11.9 Å². The second-order valence-electron chi connectivity index (χ2n) is 5.34. The van der Waals surface area contributed by atoms with Gasteiger partial charge in [-0.3, -0.25) is 9.97 Å². The Hall–Kier alpha value is -3.13. The number of ether oxygens (including phenoxy) is 2. The quantitative estimate of drug-likeness (QED) is 0.587. The van der Waals surface area contributed by atoms with E-state index in [-0.39, 0.29) is 16.8 Å². The monoisotopic (exact) mass is 427 g/mol. The Morgan fingerprint density at radius 2 is 1.63 bits per heavy atom. The Labute approximate surface area is 163 Å². The van der Waals surface area contributed by atoms with Crippen molar-refractivity contribution in [3.8, 4) is 22.8 Å². The van der Waals surface area contributed by atoms with Crippen molar-refractivity contribution < 1.29 is 19.1 Å². The molecule has 136 valence electrons. The number of carbonyl (C=O) groups is 2. The van der Waals surface area contributed by atoms with Crippen LogP contribution in [0.15, 0.2) is 53.3 Å². The predicted molar refractivity (Wildman–Crippen MR) is 101 cm³/mol. The lowest BCUT2D eigenvalue weighted by Gasteiger charge is -2.12. The summed E-state index contributed by atoms with van der Waals surface area (Å²) in [6.07, 6.45) is 3.07. The largest absolute Gasteiger partial charge is 0.465 e. The molecule has 3 aromatic rings. The zero-order chi connectivity index (χ0) is 19.4. The molecular formula is C19H14BrN3O4. The maximum absolute atomic E-state index is 12.4. The van der Waals surface area contributed by atoms with Crippen LogP contribution in [0.5, 0.6) is 0 Å². The molecule has 7 nitrogen and oxygen atoms in total. The van der Waals surface area contributed by atoms with Crippen molar-refractivity contribution in [2.24, 2.45) is 0 Å². The minimum Gasteiger partial charge on any atom is -0.465 e. The van der Waals surface area contributed by atoms with Crippen LogP contribution in [0, 0.1) is 0 Å². The van der Waals surface area contributed by atoms with Crippen LogP contribution in [0.3, 0.4) is 0 Å². The zero-order valence-electron chi connectivity index (χ0n) is 14.5. The van der Waals surface area contributed by atoms with E-state index in [4.69, 9.17) is 9.47 Å². The number of rotatable bonds is 4. The molecule has 0 amide bonds. The number of esters is 2. The molecule has 3 rings (SSSR count). The van der Waals surface area contributed by atoms with Crippen molar-refractivity contribution in [3.05, 3.63) is 64.4 Å². The Bertz CT molecular complexity index is 1010.